The summed E-state index contributed by atoms with van der Waals surface area (Å²) in [6.07, 6.45) is 1.86. The molecule has 0 aliphatic carbocycles. The number of hydrogen-bond donors (Lipinski definition) is 2. The zero-order valence-corrected chi connectivity index (χ0v) is 9.44. The highest BCUT2D eigenvalue weighted by atomic mass is 32.1. The molecule has 78 valence electrons. The molecular weight excluding hydrogens is 208 g/mol. The Hall–Kier alpha value is -1.55. The number of ether oxygens (including phenoxy) is 1. The van der Waals surface area contributed by atoms with Gasteiger partial charge in [-0.15, -0.1) is 0 Å². The highest BCUT2D eigenvalue weighted by Crippen LogP contribution is 2.24. The maximum absolute atomic E-state index is 5.20. The van der Waals surface area contributed by atoms with Gasteiger partial charge < -0.3 is 14.7 Å². The average molecular weight is 220 g/mol. The Bertz CT molecular complexity index is 527. The van der Waals surface area contributed by atoms with E-state index in [0.717, 1.165) is 22.6 Å². The summed E-state index contributed by atoms with van der Waals surface area (Å²) in [6, 6.07) is 6.02. The maximum atomic E-state index is 5.20. The SMILES string of the molecule is COc1ccc(-c2c[nH]c(=S)[nH]2)cc1C. The van der Waals surface area contributed by atoms with Crippen LogP contribution in [-0.4, -0.2) is 17.1 Å². The number of aromatic nitrogens is 2. The molecule has 0 fully saturated rings. The normalized spacial score (nSPS) is 10.3. The second kappa shape index (κ2) is 3.90. The van der Waals surface area contributed by atoms with Gasteiger partial charge in [0, 0.05) is 11.8 Å². The van der Waals surface area contributed by atoms with Crippen molar-refractivity contribution in [2.24, 2.45) is 0 Å². The number of imidazole rings is 1. The van der Waals surface area contributed by atoms with Crippen LogP contribution in [0.5, 0.6) is 5.75 Å². The number of aryl methyl sites for hydroxylation is 1. The van der Waals surface area contributed by atoms with Gasteiger partial charge in [-0.1, -0.05) is 0 Å². The Kier molecular flexibility index (Phi) is 2.60. The molecule has 1 aromatic carbocycles. The molecule has 3 nitrogen and oxygen atoms in total. The number of methoxy groups -OCH3 is 1. The number of H-pyrrole nitrogens is 2. The largest absolute Gasteiger partial charge is 0.496 e. The van der Waals surface area contributed by atoms with Crippen LogP contribution in [0.25, 0.3) is 11.3 Å². The minimum Gasteiger partial charge on any atom is -0.496 e. The average Bonchev–Trinajstić information content (AvgIpc) is 2.65. The molecule has 4 heteroatoms. The van der Waals surface area contributed by atoms with Crippen LogP contribution in [0.3, 0.4) is 0 Å². The van der Waals surface area contributed by atoms with Gasteiger partial charge in [0.25, 0.3) is 0 Å². The minimum atomic E-state index is 0.637. The van der Waals surface area contributed by atoms with Gasteiger partial charge in [0.2, 0.25) is 0 Å². The number of hydrogen-bond acceptors (Lipinski definition) is 2. The zero-order valence-electron chi connectivity index (χ0n) is 8.63. The lowest BCUT2D eigenvalue weighted by Gasteiger charge is -2.05. The fraction of sp³-hybridized carbons (Fsp3) is 0.182. The molecule has 1 heterocycles. The first kappa shape index (κ1) is 9.98. The lowest BCUT2D eigenvalue weighted by Crippen LogP contribution is -1.87. The molecule has 0 radical (unpaired) electrons. The Morgan fingerprint density at radius 1 is 1.33 bits per heavy atom. The van der Waals surface area contributed by atoms with Gasteiger partial charge in [-0.3, -0.25) is 0 Å². The van der Waals surface area contributed by atoms with E-state index in [2.05, 4.69) is 16.0 Å². The molecule has 0 aliphatic heterocycles. The summed E-state index contributed by atoms with van der Waals surface area (Å²) >= 11 is 4.98. The van der Waals surface area contributed by atoms with Crippen LogP contribution < -0.4 is 4.74 Å². The van der Waals surface area contributed by atoms with Crippen molar-refractivity contribution in [1.29, 1.82) is 0 Å². The van der Waals surface area contributed by atoms with Crippen molar-refractivity contribution in [3.63, 3.8) is 0 Å². The first-order valence-corrected chi connectivity index (χ1v) is 5.04. The summed E-state index contributed by atoms with van der Waals surface area (Å²) in [5.74, 6) is 0.896. The van der Waals surface area contributed by atoms with E-state index in [1.807, 2.05) is 25.3 Å². The Morgan fingerprint density at radius 3 is 2.67 bits per heavy atom. The van der Waals surface area contributed by atoms with E-state index in [1.54, 1.807) is 7.11 Å². The summed E-state index contributed by atoms with van der Waals surface area (Å²) < 4.78 is 5.84. The van der Waals surface area contributed by atoms with Gasteiger partial charge in [0.05, 0.1) is 12.8 Å². The molecular formula is C11H12N2OS. The van der Waals surface area contributed by atoms with Crippen LogP contribution in [0.4, 0.5) is 0 Å². The maximum Gasteiger partial charge on any atom is 0.174 e. The molecule has 0 atom stereocenters. The van der Waals surface area contributed by atoms with Crippen molar-refractivity contribution in [2.45, 2.75) is 6.92 Å². The molecule has 0 saturated heterocycles. The van der Waals surface area contributed by atoms with Gasteiger partial charge in [-0.25, -0.2) is 0 Å². The first-order valence-electron chi connectivity index (χ1n) is 4.63. The third-order valence-electron chi connectivity index (χ3n) is 2.30. The van der Waals surface area contributed by atoms with E-state index in [4.69, 9.17) is 17.0 Å². The summed E-state index contributed by atoms with van der Waals surface area (Å²) in [7, 11) is 1.67. The topological polar surface area (TPSA) is 40.8 Å². The van der Waals surface area contributed by atoms with E-state index in [9.17, 15) is 0 Å². The van der Waals surface area contributed by atoms with Crippen LogP contribution in [0.15, 0.2) is 24.4 Å². The van der Waals surface area contributed by atoms with Crippen molar-refractivity contribution in [3.8, 4) is 17.0 Å². The Balaban J connectivity index is 2.46. The van der Waals surface area contributed by atoms with Gasteiger partial charge >= 0.3 is 0 Å². The van der Waals surface area contributed by atoms with Crippen molar-refractivity contribution in [3.05, 3.63) is 34.7 Å². The lowest BCUT2D eigenvalue weighted by atomic mass is 10.1. The summed E-state index contributed by atoms with van der Waals surface area (Å²) in [4.78, 5) is 6.02. The monoisotopic (exact) mass is 220 g/mol. The van der Waals surface area contributed by atoms with E-state index in [1.165, 1.54) is 0 Å². The molecule has 0 aliphatic rings. The van der Waals surface area contributed by atoms with Crippen molar-refractivity contribution < 1.29 is 4.74 Å². The molecule has 0 saturated carbocycles. The first-order chi connectivity index (χ1) is 7.20. The van der Waals surface area contributed by atoms with Crippen LogP contribution in [0, 0.1) is 11.7 Å². The quantitative estimate of drug-likeness (QED) is 0.764. The minimum absolute atomic E-state index is 0.637. The van der Waals surface area contributed by atoms with E-state index < -0.39 is 0 Å². The second-order valence-electron chi connectivity index (χ2n) is 3.34. The number of nitrogens with one attached hydrogen (secondary N) is 2. The predicted molar refractivity (Wildman–Crippen MR) is 62.7 cm³/mol. The van der Waals surface area contributed by atoms with Crippen LogP contribution in [0.2, 0.25) is 0 Å². The molecule has 1 aromatic heterocycles. The Morgan fingerprint density at radius 2 is 2.13 bits per heavy atom. The molecule has 2 aromatic rings. The van der Waals surface area contributed by atoms with E-state index in [0.29, 0.717) is 4.77 Å². The fourth-order valence-corrected chi connectivity index (χ4v) is 1.70. The van der Waals surface area contributed by atoms with E-state index in [-0.39, 0.29) is 0 Å². The van der Waals surface area contributed by atoms with Crippen LogP contribution in [-0.2, 0) is 0 Å². The summed E-state index contributed by atoms with van der Waals surface area (Å²) in [5, 5.41) is 0. The highest BCUT2D eigenvalue weighted by Gasteiger charge is 2.02. The highest BCUT2D eigenvalue weighted by molar-refractivity contribution is 7.71. The van der Waals surface area contributed by atoms with Gasteiger partial charge in [0.1, 0.15) is 5.75 Å². The number of benzene rings is 1. The smallest absolute Gasteiger partial charge is 0.174 e. The number of aromatic amines is 2. The standard InChI is InChI=1S/C11H12N2OS/c1-7-5-8(3-4-10(7)14-2)9-6-12-11(15)13-9/h3-6H,1-2H3,(H2,12,13,15). The molecule has 0 bridgehead atoms. The molecule has 0 unspecified atom stereocenters. The molecule has 2 N–H and O–H groups in total. The van der Waals surface area contributed by atoms with Gasteiger partial charge in [0.15, 0.2) is 4.77 Å². The summed E-state index contributed by atoms with van der Waals surface area (Å²) in [5.41, 5.74) is 3.20. The lowest BCUT2D eigenvalue weighted by molar-refractivity contribution is 0.412. The second-order valence-corrected chi connectivity index (χ2v) is 3.75. The third-order valence-corrected chi connectivity index (χ3v) is 2.52. The summed E-state index contributed by atoms with van der Waals surface area (Å²) in [6.45, 7) is 2.02. The molecule has 0 spiro atoms. The third kappa shape index (κ3) is 1.94. The molecule has 15 heavy (non-hydrogen) atoms. The van der Waals surface area contributed by atoms with Gasteiger partial charge in [-0.05, 0) is 42.9 Å². The Labute approximate surface area is 93.1 Å². The fourth-order valence-electron chi connectivity index (χ4n) is 1.53. The van der Waals surface area contributed by atoms with Gasteiger partial charge in [-0.2, -0.15) is 0 Å². The van der Waals surface area contributed by atoms with Crippen LogP contribution in [0.1, 0.15) is 5.56 Å². The van der Waals surface area contributed by atoms with Crippen molar-refractivity contribution in [1.82, 2.24) is 9.97 Å². The molecule has 0 amide bonds. The predicted octanol–water partition coefficient (Wildman–Crippen LogP) is 3.06. The van der Waals surface area contributed by atoms with E-state index >= 15 is 0 Å². The zero-order chi connectivity index (χ0) is 10.8. The van der Waals surface area contributed by atoms with Crippen molar-refractivity contribution in [2.75, 3.05) is 7.11 Å². The molecule has 2 rings (SSSR count). The van der Waals surface area contributed by atoms with Crippen molar-refractivity contribution >= 4 is 12.2 Å². The van der Waals surface area contributed by atoms with Crippen LogP contribution >= 0.6 is 12.2 Å². The number of rotatable bonds is 2.